The Hall–Kier alpha value is -0.810. The Morgan fingerprint density at radius 3 is 2.22 bits per heavy atom. The molecule has 0 bridgehead atoms. The van der Waals surface area contributed by atoms with E-state index in [-0.39, 0.29) is 17.0 Å². The number of nitrogens with one attached hydrogen (secondary N) is 2. The highest BCUT2D eigenvalue weighted by atomic mass is 16.5. The van der Waals surface area contributed by atoms with Crippen molar-refractivity contribution in [3.8, 4) is 0 Å². The third kappa shape index (κ3) is 8.31. The Balaban J connectivity index is 4.61. The Morgan fingerprint density at radius 1 is 1.28 bits per heavy atom. The van der Waals surface area contributed by atoms with E-state index in [9.17, 15) is 0 Å². The summed E-state index contributed by atoms with van der Waals surface area (Å²) < 4.78 is 5.06. The highest BCUT2D eigenvalue weighted by Crippen LogP contribution is 2.26. The molecule has 0 aliphatic heterocycles. The largest absolute Gasteiger partial charge is 0.382 e. The first-order chi connectivity index (χ1) is 8.09. The zero-order chi connectivity index (χ0) is 14.4. The predicted molar refractivity (Wildman–Crippen MR) is 77.4 cm³/mol. The lowest BCUT2D eigenvalue weighted by Crippen LogP contribution is -2.53. The smallest absolute Gasteiger partial charge is 0.206 e. The van der Waals surface area contributed by atoms with E-state index >= 15 is 0 Å². The maximum atomic E-state index is 5.50. The number of nitrogens with zero attached hydrogens (tertiary/aromatic N) is 1. The fraction of sp³-hybridized carbons (Fsp3) is 0.923. The van der Waals surface area contributed by atoms with Crippen LogP contribution in [-0.4, -0.2) is 31.3 Å². The van der Waals surface area contributed by atoms with Crippen molar-refractivity contribution < 1.29 is 4.74 Å². The first-order valence-corrected chi connectivity index (χ1v) is 6.41. The normalized spacial score (nSPS) is 15.4. The second-order valence-electron chi connectivity index (χ2n) is 6.67. The number of hydrogen-bond acceptors (Lipinski definition) is 3. The topological polar surface area (TPSA) is 71.7 Å². The van der Waals surface area contributed by atoms with Gasteiger partial charge in [-0.25, -0.2) is 10.8 Å². The Kier molecular flexibility index (Phi) is 6.63. The summed E-state index contributed by atoms with van der Waals surface area (Å²) >= 11 is 0. The molecule has 0 aliphatic rings. The number of hydrogen-bond donors (Lipinski definition) is 3. The maximum Gasteiger partial charge on any atom is 0.206 e. The average Bonchev–Trinajstić information content (AvgIpc) is 2.12. The van der Waals surface area contributed by atoms with Gasteiger partial charge in [-0.1, -0.05) is 20.8 Å². The molecule has 1 atom stereocenters. The van der Waals surface area contributed by atoms with Crippen molar-refractivity contribution in [2.75, 3.05) is 13.7 Å². The van der Waals surface area contributed by atoms with Crippen LogP contribution < -0.4 is 16.6 Å². The van der Waals surface area contributed by atoms with Crippen LogP contribution in [0, 0.1) is 5.41 Å². The second kappa shape index (κ2) is 6.95. The molecular formula is C13H30N4O. The van der Waals surface area contributed by atoms with Crippen LogP contribution in [0.4, 0.5) is 0 Å². The van der Waals surface area contributed by atoms with Gasteiger partial charge in [0, 0.05) is 12.6 Å². The van der Waals surface area contributed by atoms with Crippen LogP contribution in [0.25, 0.3) is 0 Å². The quantitative estimate of drug-likeness (QED) is 0.303. The number of aliphatic imine (C=N–C) groups is 1. The van der Waals surface area contributed by atoms with E-state index in [2.05, 4.69) is 50.4 Å². The molecule has 0 amide bonds. The fourth-order valence-electron chi connectivity index (χ4n) is 2.30. The zero-order valence-corrected chi connectivity index (χ0v) is 12.9. The molecule has 1 unspecified atom stereocenters. The minimum atomic E-state index is -0.0732. The van der Waals surface area contributed by atoms with Crippen LogP contribution in [0.2, 0.25) is 0 Å². The van der Waals surface area contributed by atoms with Crippen molar-refractivity contribution in [2.45, 2.75) is 59.5 Å². The van der Waals surface area contributed by atoms with Gasteiger partial charge in [-0.15, -0.1) is 0 Å². The molecule has 0 rings (SSSR count). The van der Waals surface area contributed by atoms with Gasteiger partial charge in [-0.05, 0) is 32.6 Å². The first kappa shape index (κ1) is 17.2. The first-order valence-electron chi connectivity index (χ1n) is 6.41. The van der Waals surface area contributed by atoms with E-state index < -0.39 is 0 Å². The van der Waals surface area contributed by atoms with Crippen LogP contribution in [0.15, 0.2) is 4.99 Å². The third-order valence-electron chi connectivity index (χ3n) is 2.32. The van der Waals surface area contributed by atoms with Crippen molar-refractivity contribution in [1.82, 2.24) is 10.7 Å². The van der Waals surface area contributed by atoms with Crippen LogP contribution in [0.3, 0.4) is 0 Å². The van der Waals surface area contributed by atoms with E-state index in [1.807, 2.05) is 6.92 Å². The molecule has 0 aromatic rings. The Morgan fingerprint density at radius 2 is 1.83 bits per heavy atom. The Labute approximate surface area is 112 Å². The van der Waals surface area contributed by atoms with Gasteiger partial charge in [0.25, 0.3) is 0 Å². The minimum Gasteiger partial charge on any atom is -0.382 e. The summed E-state index contributed by atoms with van der Waals surface area (Å²) in [4.78, 5) is 4.44. The zero-order valence-electron chi connectivity index (χ0n) is 12.9. The van der Waals surface area contributed by atoms with Gasteiger partial charge < -0.3 is 10.1 Å². The maximum absolute atomic E-state index is 5.50. The summed E-state index contributed by atoms with van der Waals surface area (Å²) in [5, 5.41) is 3.35. The molecule has 108 valence electrons. The lowest BCUT2D eigenvalue weighted by Gasteiger charge is -2.34. The number of methoxy groups -OCH3 is 1. The van der Waals surface area contributed by atoms with Crippen molar-refractivity contribution in [1.29, 1.82) is 0 Å². The van der Waals surface area contributed by atoms with Gasteiger partial charge in [-0.2, -0.15) is 0 Å². The molecule has 0 heterocycles. The molecule has 0 radical (unpaired) electrons. The van der Waals surface area contributed by atoms with Gasteiger partial charge in [0.05, 0.1) is 12.6 Å². The molecule has 0 aromatic carbocycles. The van der Waals surface area contributed by atoms with Gasteiger partial charge in [0.1, 0.15) is 0 Å². The molecule has 4 N–H and O–H groups in total. The van der Waals surface area contributed by atoms with Crippen LogP contribution in [0.5, 0.6) is 0 Å². The predicted octanol–water partition coefficient (Wildman–Crippen LogP) is 1.64. The van der Waals surface area contributed by atoms with Gasteiger partial charge in [0.15, 0.2) is 0 Å². The van der Waals surface area contributed by atoms with Crippen molar-refractivity contribution in [2.24, 2.45) is 16.3 Å². The van der Waals surface area contributed by atoms with Gasteiger partial charge >= 0.3 is 0 Å². The van der Waals surface area contributed by atoms with E-state index in [0.717, 1.165) is 6.42 Å². The van der Waals surface area contributed by atoms with Gasteiger partial charge in [-0.3, -0.25) is 5.43 Å². The van der Waals surface area contributed by atoms with E-state index in [4.69, 9.17) is 10.6 Å². The summed E-state index contributed by atoms with van der Waals surface area (Å²) in [6.07, 6.45) is 1.01. The minimum absolute atomic E-state index is 0.0685. The third-order valence-corrected chi connectivity index (χ3v) is 2.32. The number of hydrazine groups is 1. The SMILES string of the molecule is COCC(C)N=C(NN)NC(C)(C)CC(C)(C)C. The lowest BCUT2D eigenvalue weighted by atomic mass is 9.82. The van der Waals surface area contributed by atoms with Crippen molar-refractivity contribution in [3.63, 3.8) is 0 Å². The van der Waals surface area contributed by atoms with Gasteiger partial charge in [0.2, 0.25) is 5.96 Å². The van der Waals surface area contributed by atoms with E-state index in [1.165, 1.54) is 0 Å². The number of guanidine groups is 1. The molecule has 5 nitrogen and oxygen atoms in total. The van der Waals surface area contributed by atoms with E-state index in [0.29, 0.717) is 12.6 Å². The van der Waals surface area contributed by atoms with E-state index in [1.54, 1.807) is 7.11 Å². The second-order valence-corrected chi connectivity index (χ2v) is 6.67. The number of nitrogens with two attached hydrogens (primary N) is 1. The molecule has 0 aromatic heterocycles. The number of ether oxygens (including phenoxy) is 1. The van der Waals surface area contributed by atoms with Crippen LogP contribution >= 0.6 is 0 Å². The lowest BCUT2D eigenvalue weighted by molar-refractivity contribution is 0.185. The fourth-order valence-corrected chi connectivity index (χ4v) is 2.30. The van der Waals surface area contributed by atoms with Crippen LogP contribution in [0.1, 0.15) is 48.0 Å². The van der Waals surface area contributed by atoms with Crippen LogP contribution in [-0.2, 0) is 4.74 Å². The number of rotatable bonds is 5. The summed E-state index contributed by atoms with van der Waals surface area (Å²) in [6.45, 7) is 13.5. The molecule has 0 saturated carbocycles. The highest BCUT2D eigenvalue weighted by molar-refractivity contribution is 5.80. The summed E-state index contributed by atoms with van der Waals surface area (Å²) in [5.74, 6) is 6.11. The summed E-state index contributed by atoms with van der Waals surface area (Å²) in [7, 11) is 1.67. The molecular weight excluding hydrogens is 228 g/mol. The standard InChI is InChI=1S/C13H30N4O/c1-10(8-18-7)15-11(17-14)16-13(5,6)9-12(2,3)4/h10H,8-9,14H2,1-7H3,(H2,15,16,17). The molecule has 0 aliphatic carbocycles. The Bertz CT molecular complexity index is 269. The van der Waals surface area contributed by atoms with Crippen molar-refractivity contribution in [3.05, 3.63) is 0 Å². The molecule has 18 heavy (non-hydrogen) atoms. The average molecular weight is 258 g/mol. The highest BCUT2D eigenvalue weighted by Gasteiger charge is 2.26. The molecule has 0 fully saturated rings. The molecule has 5 heteroatoms. The molecule has 0 spiro atoms. The molecule has 0 saturated heterocycles. The van der Waals surface area contributed by atoms with Crippen molar-refractivity contribution >= 4 is 5.96 Å². The summed E-state index contributed by atoms with van der Waals surface area (Å²) in [6, 6.07) is 0.0685. The summed E-state index contributed by atoms with van der Waals surface area (Å²) in [5.41, 5.74) is 2.79. The monoisotopic (exact) mass is 258 g/mol.